The van der Waals surface area contributed by atoms with Crippen LogP contribution < -0.4 is 4.74 Å². The summed E-state index contributed by atoms with van der Waals surface area (Å²) in [7, 11) is 1.60. The van der Waals surface area contributed by atoms with Gasteiger partial charge in [0, 0.05) is 17.0 Å². The van der Waals surface area contributed by atoms with Gasteiger partial charge >= 0.3 is 0 Å². The van der Waals surface area contributed by atoms with E-state index in [0.717, 1.165) is 11.3 Å². The van der Waals surface area contributed by atoms with Gasteiger partial charge in [0.05, 0.1) is 7.11 Å². The SMILES string of the molecule is COc1ccc(C(=O)Cc2ccc(Cl)cc2)cc1. The maximum atomic E-state index is 12.0. The molecule has 0 bridgehead atoms. The Hall–Kier alpha value is -1.80. The van der Waals surface area contributed by atoms with E-state index in [1.807, 2.05) is 12.1 Å². The zero-order valence-corrected chi connectivity index (χ0v) is 10.8. The minimum Gasteiger partial charge on any atom is -0.497 e. The highest BCUT2D eigenvalue weighted by atomic mass is 35.5. The second-order valence-electron chi connectivity index (χ2n) is 3.95. The van der Waals surface area contributed by atoms with Gasteiger partial charge < -0.3 is 4.74 Å². The predicted molar refractivity (Wildman–Crippen MR) is 72.5 cm³/mol. The maximum absolute atomic E-state index is 12.0. The molecule has 2 aromatic rings. The zero-order valence-electron chi connectivity index (χ0n) is 10.0. The Morgan fingerprint density at radius 2 is 1.67 bits per heavy atom. The topological polar surface area (TPSA) is 26.3 Å². The second kappa shape index (κ2) is 5.69. The quantitative estimate of drug-likeness (QED) is 0.782. The molecule has 18 heavy (non-hydrogen) atoms. The maximum Gasteiger partial charge on any atom is 0.167 e. The lowest BCUT2D eigenvalue weighted by molar-refractivity contribution is 0.0993. The van der Waals surface area contributed by atoms with Crippen molar-refractivity contribution >= 4 is 17.4 Å². The van der Waals surface area contributed by atoms with Gasteiger partial charge in [0.25, 0.3) is 0 Å². The predicted octanol–water partition coefficient (Wildman–Crippen LogP) is 3.77. The van der Waals surface area contributed by atoms with Crippen LogP contribution >= 0.6 is 11.6 Å². The fourth-order valence-electron chi connectivity index (χ4n) is 1.67. The van der Waals surface area contributed by atoms with Gasteiger partial charge in [-0.1, -0.05) is 23.7 Å². The molecule has 2 aromatic carbocycles. The van der Waals surface area contributed by atoms with Crippen molar-refractivity contribution in [3.05, 3.63) is 64.7 Å². The van der Waals surface area contributed by atoms with E-state index in [2.05, 4.69) is 0 Å². The van der Waals surface area contributed by atoms with Gasteiger partial charge in [-0.15, -0.1) is 0 Å². The van der Waals surface area contributed by atoms with Crippen molar-refractivity contribution in [3.63, 3.8) is 0 Å². The van der Waals surface area contributed by atoms with E-state index >= 15 is 0 Å². The summed E-state index contributed by atoms with van der Waals surface area (Å²) in [5.41, 5.74) is 1.64. The molecule has 92 valence electrons. The van der Waals surface area contributed by atoms with Crippen molar-refractivity contribution in [1.29, 1.82) is 0 Å². The second-order valence-corrected chi connectivity index (χ2v) is 4.39. The average Bonchev–Trinajstić information content (AvgIpc) is 2.41. The molecule has 0 aliphatic heterocycles. The largest absolute Gasteiger partial charge is 0.497 e. The van der Waals surface area contributed by atoms with E-state index in [4.69, 9.17) is 16.3 Å². The first kappa shape index (κ1) is 12.7. The van der Waals surface area contributed by atoms with Crippen molar-refractivity contribution in [2.45, 2.75) is 6.42 Å². The number of methoxy groups -OCH3 is 1. The van der Waals surface area contributed by atoms with E-state index in [-0.39, 0.29) is 5.78 Å². The molecule has 0 unspecified atom stereocenters. The van der Waals surface area contributed by atoms with Gasteiger partial charge in [0.2, 0.25) is 0 Å². The highest BCUT2D eigenvalue weighted by Crippen LogP contribution is 2.15. The smallest absolute Gasteiger partial charge is 0.167 e. The summed E-state index contributed by atoms with van der Waals surface area (Å²) >= 11 is 5.80. The van der Waals surface area contributed by atoms with Gasteiger partial charge in [-0.25, -0.2) is 0 Å². The molecular formula is C15H13ClO2. The standard InChI is InChI=1S/C15H13ClO2/c1-18-14-8-4-12(5-9-14)15(17)10-11-2-6-13(16)7-3-11/h2-9H,10H2,1H3. The molecule has 0 aliphatic carbocycles. The van der Waals surface area contributed by atoms with Crippen LogP contribution in [0.2, 0.25) is 5.02 Å². The third kappa shape index (κ3) is 3.11. The number of hydrogen-bond donors (Lipinski definition) is 0. The summed E-state index contributed by atoms with van der Waals surface area (Å²) in [4.78, 5) is 12.0. The molecule has 2 rings (SSSR count). The molecular weight excluding hydrogens is 248 g/mol. The van der Waals surface area contributed by atoms with Crippen LogP contribution in [-0.4, -0.2) is 12.9 Å². The number of hydrogen-bond acceptors (Lipinski definition) is 2. The molecule has 0 spiro atoms. The summed E-state index contributed by atoms with van der Waals surface area (Å²) in [5, 5.41) is 0.677. The van der Waals surface area contributed by atoms with E-state index in [1.165, 1.54) is 0 Å². The lowest BCUT2D eigenvalue weighted by Crippen LogP contribution is -2.03. The number of ether oxygens (including phenoxy) is 1. The molecule has 3 heteroatoms. The number of Topliss-reactive ketones (excluding diaryl/α,β-unsaturated/α-hetero) is 1. The number of carbonyl (C=O) groups is 1. The molecule has 0 atom stereocenters. The van der Waals surface area contributed by atoms with Crippen LogP contribution in [-0.2, 0) is 6.42 Å². The number of halogens is 1. The third-order valence-electron chi connectivity index (χ3n) is 2.69. The van der Waals surface area contributed by atoms with Crippen LogP contribution in [0.4, 0.5) is 0 Å². The Morgan fingerprint density at radius 1 is 1.06 bits per heavy atom. The minimum atomic E-state index is 0.0833. The van der Waals surface area contributed by atoms with Crippen molar-refractivity contribution in [3.8, 4) is 5.75 Å². The first-order valence-electron chi connectivity index (χ1n) is 5.61. The molecule has 2 nitrogen and oxygen atoms in total. The van der Waals surface area contributed by atoms with Crippen molar-refractivity contribution in [1.82, 2.24) is 0 Å². The monoisotopic (exact) mass is 260 g/mol. The van der Waals surface area contributed by atoms with Gasteiger partial charge in [-0.3, -0.25) is 4.79 Å². The fourth-order valence-corrected chi connectivity index (χ4v) is 1.79. The first-order chi connectivity index (χ1) is 8.69. The summed E-state index contributed by atoms with van der Waals surface area (Å²) in [6, 6.07) is 14.4. The lowest BCUT2D eigenvalue weighted by atomic mass is 10.0. The Bertz CT molecular complexity index is 529. The zero-order chi connectivity index (χ0) is 13.0. The number of benzene rings is 2. The molecule has 0 fully saturated rings. The molecule has 0 heterocycles. The van der Waals surface area contributed by atoms with E-state index in [0.29, 0.717) is 17.0 Å². The summed E-state index contributed by atoms with van der Waals surface area (Å²) in [6.07, 6.45) is 0.378. The first-order valence-corrected chi connectivity index (χ1v) is 5.98. The van der Waals surface area contributed by atoms with Crippen molar-refractivity contribution in [2.24, 2.45) is 0 Å². The Morgan fingerprint density at radius 3 is 2.22 bits per heavy atom. The Labute approximate surface area is 111 Å². The van der Waals surface area contributed by atoms with E-state index < -0.39 is 0 Å². The van der Waals surface area contributed by atoms with Crippen LogP contribution in [0, 0.1) is 0 Å². The van der Waals surface area contributed by atoms with Crippen LogP contribution in [0.3, 0.4) is 0 Å². The Balaban J connectivity index is 2.09. The minimum absolute atomic E-state index is 0.0833. The molecule has 0 radical (unpaired) electrons. The summed E-state index contributed by atoms with van der Waals surface area (Å²) < 4.78 is 5.05. The molecule has 0 aliphatic rings. The molecule has 0 aromatic heterocycles. The lowest BCUT2D eigenvalue weighted by Gasteiger charge is -2.03. The highest BCUT2D eigenvalue weighted by Gasteiger charge is 2.07. The number of ketones is 1. The van der Waals surface area contributed by atoms with E-state index in [9.17, 15) is 4.79 Å². The van der Waals surface area contributed by atoms with Crippen LogP contribution in [0.1, 0.15) is 15.9 Å². The van der Waals surface area contributed by atoms with Crippen LogP contribution in [0.5, 0.6) is 5.75 Å². The fraction of sp³-hybridized carbons (Fsp3) is 0.133. The van der Waals surface area contributed by atoms with Crippen LogP contribution in [0.15, 0.2) is 48.5 Å². The van der Waals surface area contributed by atoms with E-state index in [1.54, 1.807) is 43.5 Å². The molecule has 0 amide bonds. The third-order valence-corrected chi connectivity index (χ3v) is 2.94. The average molecular weight is 261 g/mol. The van der Waals surface area contributed by atoms with Crippen molar-refractivity contribution < 1.29 is 9.53 Å². The van der Waals surface area contributed by atoms with Crippen molar-refractivity contribution in [2.75, 3.05) is 7.11 Å². The summed E-state index contributed by atoms with van der Waals surface area (Å²) in [6.45, 7) is 0. The summed E-state index contributed by atoms with van der Waals surface area (Å²) in [5.74, 6) is 0.831. The molecule has 0 saturated carbocycles. The van der Waals surface area contributed by atoms with Crippen LogP contribution in [0.25, 0.3) is 0 Å². The van der Waals surface area contributed by atoms with Gasteiger partial charge in [-0.05, 0) is 42.0 Å². The van der Waals surface area contributed by atoms with Gasteiger partial charge in [-0.2, -0.15) is 0 Å². The number of rotatable bonds is 4. The van der Waals surface area contributed by atoms with Gasteiger partial charge in [0.1, 0.15) is 5.75 Å². The molecule has 0 saturated heterocycles. The number of carbonyl (C=O) groups excluding carboxylic acids is 1. The molecule has 0 N–H and O–H groups in total. The normalized spacial score (nSPS) is 10.1. The highest BCUT2D eigenvalue weighted by molar-refractivity contribution is 6.30. The van der Waals surface area contributed by atoms with Gasteiger partial charge in [0.15, 0.2) is 5.78 Å². The Kier molecular flexibility index (Phi) is 4.00.